The minimum absolute atomic E-state index is 0.327. The first kappa shape index (κ1) is 20.3. The minimum Gasteiger partial charge on any atom is -0.489 e. The van der Waals surface area contributed by atoms with Gasteiger partial charge in [0.15, 0.2) is 6.61 Å². The number of carbonyl (C=O) groups is 2. The summed E-state index contributed by atoms with van der Waals surface area (Å²) in [6, 6.07) is 26.2. The lowest BCUT2D eigenvalue weighted by Gasteiger charge is -2.12. The second-order valence-corrected chi connectivity index (χ2v) is 7.06. The van der Waals surface area contributed by atoms with E-state index in [1.807, 2.05) is 60.7 Å². The first-order valence-corrected chi connectivity index (χ1v) is 10.1. The fourth-order valence-corrected chi connectivity index (χ4v) is 3.21. The highest BCUT2D eigenvalue weighted by Crippen LogP contribution is 2.17. The molecule has 1 aliphatic rings. The smallest absolute Gasteiger partial charge is 0.338 e. The summed E-state index contributed by atoms with van der Waals surface area (Å²) in [4.78, 5) is 24.8. The van der Waals surface area contributed by atoms with Gasteiger partial charge in [0.1, 0.15) is 12.4 Å². The molecule has 6 nitrogen and oxygen atoms in total. The molecule has 6 heteroatoms. The van der Waals surface area contributed by atoms with Crippen molar-refractivity contribution in [2.75, 3.05) is 13.2 Å². The van der Waals surface area contributed by atoms with Gasteiger partial charge in [0.2, 0.25) is 0 Å². The Morgan fingerprint density at radius 2 is 1.65 bits per heavy atom. The van der Waals surface area contributed by atoms with Gasteiger partial charge in [-0.25, -0.2) is 9.80 Å². The number of amides is 1. The first-order valence-electron chi connectivity index (χ1n) is 10.1. The van der Waals surface area contributed by atoms with E-state index >= 15 is 0 Å². The van der Waals surface area contributed by atoms with E-state index in [-0.39, 0.29) is 12.5 Å². The molecule has 4 rings (SSSR count). The summed E-state index contributed by atoms with van der Waals surface area (Å²) in [5.74, 6) is -0.373. The minimum atomic E-state index is -0.579. The van der Waals surface area contributed by atoms with Crippen LogP contribution < -0.4 is 4.74 Å². The summed E-state index contributed by atoms with van der Waals surface area (Å²) in [6.07, 6.45) is 0.671. The first-order chi connectivity index (χ1) is 15.2. The van der Waals surface area contributed by atoms with Crippen LogP contribution in [0.1, 0.15) is 27.9 Å². The van der Waals surface area contributed by atoms with E-state index in [0.29, 0.717) is 30.9 Å². The van der Waals surface area contributed by atoms with E-state index in [0.717, 1.165) is 16.8 Å². The predicted octanol–water partition coefficient (Wildman–Crippen LogP) is 4.06. The topological polar surface area (TPSA) is 68.2 Å². The Kier molecular flexibility index (Phi) is 6.38. The zero-order chi connectivity index (χ0) is 21.5. The molecule has 0 saturated heterocycles. The Morgan fingerprint density at radius 1 is 0.903 bits per heavy atom. The number of carbonyl (C=O) groups excluding carboxylic acids is 2. The third kappa shape index (κ3) is 5.36. The highest BCUT2D eigenvalue weighted by molar-refractivity contribution is 6.02. The molecule has 31 heavy (non-hydrogen) atoms. The lowest BCUT2D eigenvalue weighted by atomic mass is 10.1. The normalized spacial score (nSPS) is 12.9. The number of rotatable bonds is 7. The lowest BCUT2D eigenvalue weighted by Crippen LogP contribution is -2.28. The molecule has 0 unspecified atom stereocenters. The molecule has 1 heterocycles. The Labute approximate surface area is 180 Å². The highest BCUT2D eigenvalue weighted by Gasteiger charge is 2.22. The van der Waals surface area contributed by atoms with Gasteiger partial charge in [-0.1, -0.05) is 66.7 Å². The van der Waals surface area contributed by atoms with Crippen molar-refractivity contribution in [3.63, 3.8) is 0 Å². The maximum Gasteiger partial charge on any atom is 0.338 e. The second kappa shape index (κ2) is 9.71. The molecule has 156 valence electrons. The van der Waals surface area contributed by atoms with Crippen molar-refractivity contribution in [3.05, 3.63) is 102 Å². The van der Waals surface area contributed by atoms with Crippen molar-refractivity contribution in [3.8, 4) is 5.75 Å². The summed E-state index contributed by atoms with van der Waals surface area (Å²) >= 11 is 0. The van der Waals surface area contributed by atoms with Gasteiger partial charge in [-0.05, 0) is 29.3 Å². The molecule has 0 aromatic heterocycles. The SMILES string of the molecule is O=C(OCC(=O)N1CCC(c2ccccc2)=N1)c1cccc(OCc2ccccc2)c1. The van der Waals surface area contributed by atoms with Crippen molar-refractivity contribution in [2.45, 2.75) is 13.0 Å². The molecule has 0 N–H and O–H groups in total. The van der Waals surface area contributed by atoms with Gasteiger partial charge in [-0.15, -0.1) is 0 Å². The Balaban J connectivity index is 1.30. The summed E-state index contributed by atoms with van der Waals surface area (Å²) in [6.45, 7) is 0.511. The summed E-state index contributed by atoms with van der Waals surface area (Å²) in [5, 5.41) is 5.72. The van der Waals surface area contributed by atoms with Crippen LogP contribution in [0.3, 0.4) is 0 Å². The van der Waals surface area contributed by atoms with Gasteiger partial charge in [0.25, 0.3) is 5.91 Å². The number of hydrogen-bond donors (Lipinski definition) is 0. The molecular weight excluding hydrogens is 392 g/mol. The molecule has 0 saturated carbocycles. The van der Waals surface area contributed by atoms with E-state index in [2.05, 4.69) is 5.10 Å². The zero-order valence-electron chi connectivity index (χ0n) is 16.9. The van der Waals surface area contributed by atoms with Crippen molar-refractivity contribution >= 4 is 17.6 Å². The van der Waals surface area contributed by atoms with E-state index in [9.17, 15) is 9.59 Å². The quantitative estimate of drug-likeness (QED) is 0.547. The van der Waals surface area contributed by atoms with Crippen LogP contribution in [-0.4, -0.2) is 35.7 Å². The molecule has 0 radical (unpaired) electrons. The molecule has 1 aliphatic heterocycles. The second-order valence-electron chi connectivity index (χ2n) is 7.06. The number of hydrogen-bond acceptors (Lipinski definition) is 5. The monoisotopic (exact) mass is 414 g/mol. The summed E-state index contributed by atoms with van der Waals surface area (Å²) in [5.41, 5.74) is 3.20. The van der Waals surface area contributed by atoms with Crippen LogP contribution in [0.2, 0.25) is 0 Å². The third-order valence-corrected chi connectivity index (χ3v) is 4.84. The molecular formula is C25H22N2O4. The standard InChI is InChI=1S/C25H22N2O4/c28-24(27-15-14-23(26-27)20-10-5-2-6-11-20)18-31-25(29)21-12-7-13-22(16-21)30-17-19-8-3-1-4-9-19/h1-13,16H,14-15,17-18H2. The van der Waals surface area contributed by atoms with E-state index < -0.39 is 5.97 Å². The van der Waals surface area contributed by atoms with Crippen molar-refractivity contribution in [1.29, 1.82) is 0 Å². The number of hydrazone groups is 1. The van der Waals surface area contributed by atoms with Crippen LogP contribution in [0.25, 0.3) is 0 Å². The van der Waals surface area contributed by atoms with E-state index in [1.165, 1.54) is 5.01 Å². The average Bonchev–Trinajstić information content (AvgIpc) is 3.33. The Morgan fingerprint density at radius 3 is 2.42 bits per heavy atom. The van der Waals surface area contributed by atoms with Gasteiger partial charge in [0.05, 0.1) is 17.8 Å². The molecule has 3 aromatic carbocycles. The van der Waals surface area contributed by atoms with Crippen LogP contribution in [0, 0.1) is 0 Å². The van der Waals surface area contributed by atoms with E-state index in [1.54, 1.807) is 24.3 Å². The number of nitrogens with zero attached hydrogens (tertiary/aromatic N) is 2. The van der Waals surface area contributed by atoms with Crippen LogP contribution in [0.5, 0.6) is 5.75 Å². The number of benzene rings is 3. The van der Waals surface area contributed by atoms with Gasteiger partial charge in [0, 0.05) is 6.42 Å². The Bertz CT molecular complexity index is 1080. The third-order valence-electron chi connectivity index (χ3n) is 4.84. The average molecular weight is 414 g/mol. The largest absolute Gasteiger partial charge is 0.489 e. The fourth-order valence-electron chi connectivity index (χ4n) is 3.21. The molecule has 3 aromatic rings. The van der Waals surface area contributed by atoms with E-state index in [4.69, 9.17) is 9.47 Å². The molecule has 0 fully saturated rings. The van der Waals surface area contributed by atoms with Gasteiger partial charge >= 0.3 is 5.97 Å². The summed E-state index contributed by atoms with van der Waals surface area (Å²) in [7, 11) is 0. The number of esters is 1. The van der Waals surface area contributed by atoms with Crippen molar-refractivity contribution in [1.82, 2.24) is 5.01 Å². The van der Waals surface area contributed by atoms with Gasteiger partial charge in [-0.2, -0.15) is 5.10 Å². The van der Waals surface area contributed by atoms with Crippen LogP contribution in [0.4, 0.5) is 0 Å². The molecule has 1 amide bonds. The molecule has 0 bridgehead atoms. The lowest BCUT2D eigenvalue weighted by molar-refractivity contribution is -0.134. The molecule has 0 aliphatic carbocycles. The predicted molar refractivity (Wildman–Crippen MR) is 117 cm³/mol. The summed E-state index contributed by atoms with van der Waals surface area (Å²) < 4.78 is 10.9. The Hall–Kier alpha value is -3.93. The molecule has 0 atom stereocenters. The van der Waals surface area contributed by atoms with Crippen molar-refractivity contribution in [2.24, 2.45) is 5.10 Å². The van der Waals surface area contributed by atoms with Gasteiger partial charge < -0.3 is 9.47 Å². The molecule has 0 spiro atoms. The fraction of sp³-hybridized carbons (Fsp3) is 0.160. The van der Waals surface area contributed by atoms with Crippen molar-refractivity contribution < 1.29 is 19.1 Å². The van der Waals surface area contributed by atoms with Gasteiger partial charge in [-0.3, -0.25) is 4.79 Å². The maximum atomic E-state index is 12.4. The van der Waals surface area contributed by atoms with Crippen LogP contribution >= 0.6 is 0 Å². The highest BCUT2D eigenvalue weighted by atomic mass is 16.5. The zero-order valence-corrected chi connectivity index (χ0v) is 16.9. The maximum absolute atomic E-state index is 12.4. The van der Waals surface area contributed by atoms with Crippen LogP contribution in [0.15, 0.2) is 90.0 Å². The number of ether oxygens (including phenoxy) is 2. The van der Waals surface area contributed by atoms with Crippen LogP contribution in [-0.2, 0) is 16.1 Å².